The summed E-state index contributed by atoms with van der Waals surface area (Å²) in [6.07, 6.45) is 0. The zero-order valence-corrected chi connectivity index (χ0v) is 12.0. The summed E-state index contributed by atoms with van der Waals surface area (Å²) >= 11 is 0. The molecule has 20 heavy (non-hydrogen) atoms. The fourth-order valence-corrected chi connectivity index (χ4v) is 2.14. The van der Waals surface area contributed by atoms with Crippen molar-refractivity contribution in [2.24, 2.45) is 0 Å². The maximum atomic E-state index is 9.21. The van der Waals surface area contributed by atoms with E-state index in [9.17, 15) is 10.2 Å². The van der Waals surface area contributed by atoms with Crippen LogP contribution in [-0.4, -0.2) is 46.5 Å². The summed E-state index contributed by atoms with van der Waals surface area (Å²) in [5, 5.41) is 19.4. The van der Waals surface area contributed by atoms with Crippen LogP contribution in [0.5, 0.6) is 0 Å². The van der Waals surface area contributed by atoms with E-state index in [1.54, 1.807) is 0 Å². The van der Waals surface area contributed by atoms with Gasteiger partial charge in [-0.3, -0.25) is 0 Å². The minimum Gasteiger partial charge on any atom is -0.395 e. The van der Waals surface area contributed by atoms with Crippen LogP contribution in [0, 0.1) is 0 Å². The molecular formula is C15H21N3O2. The third kappa shape index (κ3) is 3.05. The maximum Gasteiger partial charge on any atom is 0.140 e. The van der Waals surface area contributed by atoms with Gasteiger partial charge >= 0.3 is 0 Å². The molecule has 0 bridgehead atoms. The van der Waals surface area contributed by atoms with E-state index in [1.807, 2.05) is 29.2 Å². The van der Waals surface area contributed by atoms with Crippen LogP contribution in [0.1, 0.15) is 25.6 Å². The first-order valence-electron chi connectivity index (χ1n) is 6.90. The van der Waals surface area contributed by atoms with Gasteiger partial charge in [0.25, 0.3) is 0 Å². The Bertz CT molecular complexity index is 566. The summed E-state index contributed by atoms with van der Waals surface area (Å²) in [6.45, 7) is 5.04. The van der Waals surface area contributed by atoms with Crippen molar-refractivity contribution in [2.45, 2.75) is 19.8 Å². The lowest BCUT2D eigenvalue weighted by atomic mass is 10.1. The van der Waals surface area contributed by atoms with Gasteiger partial charge in [0.2, 0.25) is 0 Å². The van der Waals surface area contributed by atoms with Crippen LogP contribution < -0.4 is 4.90 Å². The van der Waals surface area contributed by atoms with E-state index in [1.165, 1.54) is 0 Å². The first kappa shape index (κ1) is 14.7. The molecular weight excluding hydrogens is 254 g/mol. The molecule has 0 radical (unpaired) electrons. The number of aliphatic hydroxyl groups is 2. The van der Waals surface area contributed by atoms with Crippen LogP contribution in [0.25, 0.3) is 10.9 Å². The summed E-state index contributed by atoms with van der Waals surface area (Å²) in [5.41, 5.74) is 0.891. The van der Waals surface area contributed by atoms with Crippen LogP contribution >= 0.6 is 0 Å². The number of benzene rings is 1. The number of fused-ring (bicyclic) bond motifs is 1. The summed E-state index contributed by atoms with van der Waals surface area (Å²) < 4.78 is 0. The fourth-order valence-electron chi connectivity index (χ4n) is 2.14. The second-order valence-electron chi connectivity index (χ2n) is 5.01. The van der Waals surface area contributed by atoms with E-state index in [0.717, 1.165) is 22.5 Å². The third-order valence-electron chi connectivity index (χ3n) is 3.16. The van der Waals surface area contributed by atoms with Gasteiger partial charge in [-0.15, -0.1) is 0 Å². The van der Waals surface area contributed by atoms with Gasteiger partial charge in [0, 0.05) is 24.4 Å². The molecule has 0 aliphatic carbocycles. The summed E-state index contributed by atoms with van der Waals surface area (Å²) in [4.78, 5) is 11.1. The average Bonchev–Trinajstić information content (AvgIpc) is 2.46. The molecule has 0 spiro atoms. The molecule has 0 saturated carbocycles. The molecule has 0 aliphatic rings. The van der Waals surface area contributed by atoms with Gasteiger partial charge in [-0.25, -0.2) is 9.97 Å². The van der Waals surface area contributed by atoms with Crippen LogP contribution in [0.3, 0.4) is 0 Å². The molecule has 2 N–H and O–H groups in total. The molecule has 1 aromatic heterocycles. The number of hydrogen-bond donors (Lipinski definition) is 2. The smallest absolute Gasteiger partial charge is 0.140 e. The number of para-hydroxylation sites is 1. The van der Waals surface area contributed by atoms with Crippen molar-refractivity contribution in [2.75, 3.05) is 31.2 Å². The van der Waals surface area contributed by atoms with E-state index < -0.39 is 0 Å². The molecule has 0 saturated heterocycles. The standard InChI is InChI=1S/C15H21N3O2/c1-11(2)14-16-13-6-4-3-5-12(13)15(17-14)18(7-9-19)8-10-20/h3-6,11,19-20H,7-10H2,1-2H3. The highest BCUT2D eigenvalue weighted by Crippen LogP contribution is 2.25. The Balaban J connectivity index is 2.58. The van der Waals surface area contributed by atoms with E-state index in [0.29, 0.717) is 13.1 Å². The van der Waals surface area contributed by atoms with Crippen molar-refractivity contribution in [1.82, 2.24) is 9.97 Å². The van der Waals surface area contributed by atoms with Crippen LogP contribution in [0.15, 0.2) is 24.3 Å². The van der Waals surface area contributed by atoms with Crippen molar-refractivity contribution in [3.63, 3.8) is 0 Å². The predicted octanol–water partition coefficient (Wildman–Crippen LogP) is 1.54. The molecule has 5 nitrogen and oxygen atoms in total. The molecule has 0 amide bonds. The molecule has 108 valence electrons. The van der Waals surface area contributed by atoms with Gasteiger partial charge in [-0.05, 0) is 12.1 Å². The van der Waals surface area contributed by atoms with Gasteiger partial charge in [0.05, 0.1) is 18.7 Å². The largest absolute Gasteiger partial charge is 0.395 e. The highest BCUT2D eigenvalue weighted by atomic mass is 16.3. The lowest BCUT2D eigenvalue weighted by Gasteiger charge is -2.24. The summed E-state index contributed by atoms with van der Waals surface area (Å²) in [6, 6.07) is 7.82. The number of aliphatic hydroxyl groups excluding tert-OH is 2. The summed E-state index contributed by atoms with van der Waals surface area (Å²) in [5.74, 6) is 1.78. The Labute approximate surface area is 118 Å². The molecule has 5 heteroatoms. The molecule has 1 heterocycles. The highest BCUT2D eigenvalue weighted by molar-refractivity contribution is 5.89. The number of rotatable bonds is 6. The molecule has 2 aromatic rings. The minimum absolute atomic E-state index is 0.0232. The number of anilines is 1. The van der Waals surface area contributed by atoms with Gasteiger partial charge in [0.1, 0.15) is 11.6 Å². The first-order chi connectivity index (χ1) is 9.67. The lowest BCUT2D eigenvalue weighted by Crippen LogP contribution is -2.31. The molecule has 0 aliphatic heterocycles. The average molecular weight is 275 g/mol. The Morgan fingerprint density at radius 1 is 1.05 bits per heavy atom. The maximum absolute atomic E-state index is 9.21. The molecule has 2 rings (SSSR count). The van der Waals surface area contributed by atoms with Crippen LogP contribution in [-0.2, 0) is 0 Å². The lowest BCUT2D eigenvalue weighted by molar-refractivity contribution is 0.281. The molecule has 0 fully saturated rings. The second-order valence-corrected chi connectivity index (χ2v) is 5.01. The molecule has 0 unspecified atom stereocenters. The Kier molecular flexibility index (Phi) is 4.87. The van der Waals surface area contributed by atoms with Crippen LogP contribution in [0.4, 0.5) is 5.82 Å². The number of aromatic nitrogens is 2. The van der Waals surface area contributed by atoms with Gasteiger partial charge in [-0.2, -0.15) is 0 Å². The predicted molar refractivity (Wildman–Crippen MR) is 80.0 cm³/mol. The van der Waals surface area contributed by atoms with Gasteiger partial charge < -0.3 is 15.1 Å². The topological polar surface area (TPSA) is 69.5 Å². The van der Waals surface area contributed by atoms with Crippen molar-refractivity contribution >= 4 is 16.7 Å². The quantitative estimate of drug-likeness (QED) is 0.837. The van der Waals surface area contributed by atoms with E-state index in [-0.39, 0.29) is 19.1 Å². The Morgan fingerprint density at radius 3 is 2.30 bits per heavy atom. The van der Waals surface area contributed by atoms with Crippen molar-refractivity contribution in [1.29, 1.82) is 0 Å². The highest BCUT2D eigenvalue weighted by Gasteiger charge is 2.15. The third-order valence-corrected chi connectivity index (χ3v) is 3.16. The van der Waals surface area contributed by atoms with Gasteiger partial charge in [0.15, 0.2) is 0 Å². The zero-order chi connectivity index (χ0) is 14.5. The van der Waals surface area contributed by atoms with Crippen molar-refractivity contribution in [3.05, 3.63) is 30.1 Å². The zero-order valence-electron chi connectivity index (χ0n) is 12.0. The fraction of sp³-hybridized carbons (Fsp3) is 0.467. The van der Waals surface area contributed by atoms with E-state index in [2.05, 4.69) is 23.8 Å². The first-order valence-corrected chi connectivity index (χ1v) is 6.90. The number of nitrogens with zero attached hydrogens (tertiary/aromatic N) is 3. The van der Waals surface area contributed by atoms with Gasteiger partial charge in [-0.1, -0.05) is 26.0 Å². The molecule has 0 atom stereocenters. The van der Waals surface area contributed by atoms with E-state index >= 15 is 0 Å². The molecule has 1 aromatic carbocycles. The van der Waals surface area contributed by atoms with Crippen molar-refractivity contribution in [3.8, 4) is 0 Å². The monoisotopic (exact) mass is 275 g/mol. The SMILES string of the molecule is CC(C)c1nc(N(CCO)CCO)c2ccccc2n1. The van der Waals surface area contributed by atoms with E-state index in [4.69, 9.17) is 0 Å². The Hall–Kier alpha value is -1.72. The minimum atomic E-state index is 0.0232. The van der Waals surface area contributed by atoms with Crippen molar-refractivity contribution < 1.29 is 10.2 Å². The van der Waals surface area contributed by atoms with Crippen LogP contribution in [0.2, 0.25) is 0 Å². The summed E-state index contributed by atoms with van der Waals surface area (Å²) in [7, 11) is 0. The Morgan fingerprint density at radius 2 is 1.70 bits per heavy atom. The normalized spacial score (nSPS) is 11.2. The second kappa shape index (κ2) is 6.63. The number of hydrogen-bond acceptors (Lipinski definition) is 5.